The summed E-state index contributed by atoms with van der Waals surface area (Å²) in [6.07, 6.45) is 0.609. The Labute approximate surface area is 260 Å². The number of carbonyl (C=O) groups is 2. The Morgan fingerprint density at radius 1 is 1.07 bits per heavy atom. The van der Waals surface area contributed by atoms with Crippen LogP contribution in [0.5, 0.6) is 0 Å². The predicted octanol–water partition coefficient (Wildman–Crippen LogP) is -0.424. The van der Waals surface area contributed by atoms with Crippen LogP contribution in [0, 0.1) is 23.0 Å². The molecule has 1 aromatic heterocycles. The molecule has 0 spiro atoms. The average molecular weight is 583 g/mol. The molecule has 41 heavy (non-hydrogen) atoms. The Balaban J connectivity index is 0. The summed E-state index contributed by atoms with van der Waals surface area (Å²) in [7, 11) is 0. The van der Waals surface area contributed by atoms with Crippen molar-refractivity contribution in [3.63, 3.8) is 0 Å². The number of hydrogen-bond donors (Lipinski definition) is 3. The van der Waals surface area contributed by atoms with Crippen LogP contribution in [0.15, 0.2) is 66.4 Å². The Hall–Kier alpha value is -3.80. The first-order chi connectivity index (χ1) is 18.7. The number of nitrogen functional groups attached to an aromatic ring is 1. The van der Waals surface area contributed by atoms with E-state index in [-0.39, 0.29) is 79.9 Å². The summed E-state index contributed by atoms with van der Waals surface area (Å²) in [5.41, 5.74) is 9.29. The topological polar surface area (TPSA) is 181 Å². The fourth-order valence-electron chi connectivity index (χ4n) is 2.72. The molecule has 0 saturated carbocycles. The summed E-state index contributed by atoms with van der Waals surface area (Å²) in [6, 6.07) is 15.7. The zero-order chi connectivity index (χ0) is 29.2. The third-order valence-corrected chi connectivity index (χ3v) is 4.50. The third kappa shape index (κ3) is 14.4. The molecule has 5 N–H and O–H groups in total. The number of nitrogens with zero attached hydrogens (tertiary/aromatic N) is 3. The number of benzene rings is 2. The minimum atomic E-state index is -0.982. The van der Waals surface area contributed by atoms with Gasteiger partial charge < -0.3 is 20.3 Å². The van der Waals surface area contributed by atoms with E-state index in [4.69, 9.17) is 21.6 Å². The molecular formula is C27H33F2N6NaO5. The SMILES string of the molecule is C.CCOC(=O)/C([O-])=C\C#N.CCOC(=O)c1cc(N)n(Cc2ccccc2F)n1.NNCc1ccccc1F.[Na+]. The van der Waals surface area contributed by atoms with Crippen LogP contribution >= 0.6 is 0 Å². The van der Waals surface area contributed by atoms with Crippen LogP contribution in [0.3, 0.4) is 0 Å². The first kappa shape index (κ1) is 39.3. The van der Waals surface area contributed by atoms with Crippen LogP contribution in [0.4, 0.5) is 14.6 Å². The van der Waals surface area contributed by atoms with Gasteiger partial charge in [-0.3, -0.25) is 11.3 Å². The number of nitrogens with one attached hydrogen (secondary N) is 1. The van der Waals surface area contributed by atoms with E-state index in [1.807, 2.05) is 0 Å². The van der Waals surface area contributed by atoms with Gasteiger partial charge >= 0.3 is 41.5 Å². The molecule has 0 aliphatic carbocycles. The number of ether oxygens (including phenoxy) is 2. The van der Waals surface area contributed by atoms with Crippen molar-refractivity contribution in [2.45, 2.75) is 34.4 Å². The van der Waals surface area contributed by atoms with E-state index in [0.29, 0.717) is 23.7 Å². The maximum absolute atomic E-state index is 13.5. The summed E-state index contributed by atoms with van der Waals surface area (Å²) in [4.78, 5) is 21.9. The number of aromatic nitrogens is 2. The van der Waals surface area contributed by atoms with Gasteiger partial charge in [-0.1, -0.05) is 43.8 Å². The van der Waals surface area contributed by atoms with E-state index in [2.05, 4.69) is 15.3 Å². The zero-order valence-corrected chi connectivity index (χ0v) is 24.4. The van der Waals surface area contributed by atoms with Gasteiger partial charge in [0, 0.05) is 29.8 Å². The fourth-order valence-corrected chi connectivity index (χ4v) is 2.72. The van der Waals surface area contributed by atoms with Crippen molar-refractivity contribution >= 4 is 17.8 Å². The molecule has 1 heterocycles. The molecule has 11 nitrogen and oxygen atoms in total. The quantitative estimate of drug-likeness (QED) is 0.0600. The second kappa shape index (κ2) is 22.0. The molecule has 0 aliphatic heterocycles. The molecular weight excluding hydrogens is 549 g/mol. The number of nitrogens with two attached hydrogens (primary N) is 2. The normalized spacial score (nSPS) is 9.71. The van der Waals surface area contributed by atoms with E-state index >= 15 is 0 Å². The van der Waals surface area contributed by atoms with Crippen molar-refractivity contribution in [2.24, 2.45) is 5.84 Å². The maximum atomic E-state index is 13.5. The van der Waals surface area contributed by atoms with Crippen molar-refractivity contribution in [3.05, 3.63) is 94.9 Å². The minimum Gasteiger partial charge on any atom is -0.867 e. The average Bonchev–Trinajstić information content (AvgIpc) is 3.28. The van der Waals surface area contributed by atoms with Gasteiger partial charge in [0.25, 0.3) is 0 Å². The molecule has 0 fully saturated rings. The Bertz CT molecular complexity index is 1300. The molecule has 0 saturated heterocycles. The smallest absolute Gasteiger partial charge is 0.867 e. The van der Waals surface area contributed by atoms with E-state index in [9.17, 15) is 23.5 Å². The largest absolute Gasteiger partial charge is 1.00 e. The van der Waals surface area contributed by atoms with Gasteiger partial charge in [-0.05, 0) is 31.7 Å². The Kier molecular flexibility index (Phi) is 21.1. The van der Waals surface area contributed by atoms with Gasteiger partial charge in [-0.2, -0.15) is 10.4 Å². The van der Waals surface area contributed by atoms with Gasteiger partial charge in [-0.15, -0.1) is 0 Å². The summed E-state index contributed by atoms with van der Waals surface area (Å²) >= 11 is 0. The second-order valence-electron chi connectivity index (χ2n) is 7.25. The Morgan fingerprint density at radius 2 is 1.61 bits per heavy atom. The van der Waals surface area contributed by atoms with E-state index in [1.165, 1.54) is 29.0 Å². The van der Waals surface area contributed by atoms with Crippen LogP contribution in [0.25, 0.3) is 0 Å². The van der Waals surface area contributed by atoms with Crippen molar-refractivity contribution in [3.8, 4) is 6.07 Å². The fraction of sp³-hybridized carbons (Fsp3) is 0.259. The summed E-state index contributed by atoms with van der Waals surface area (Å²) in [6.45, 7) is 4.22. The summed E-state index contributed by atoms with van der Waals surface area (Å²) in [5.74, 6) is 2.30. The van der Waals surface area contributed by atoms with Crippen LogP contribution in [0.2, 0.25) is 0 Å². The zero-order valence-electron chi connectivity index (χ0n) is 22.4. The van der Waals surface area contributed by atoms with Crippen LogP contribution < -0.4 is 51.7 Å². The number of carbonyl (C=O) groups excluding carboxylic acids is 2. The molecule has 2 aromatic carbocycles. The molecule has 0 atom stereocenters. The van der Waals surface area contributed by atoms with Crippen molar-refractivity contribution in [1.82, 2.24) is 15.2 Å². The molecule has 0 amide bonds. The second-order valence-corrected chi connectivity index (χ2v) is 7.25. The van der Waals surface area contributed by atoms with E-state index < -0.39 is 17.7 Å². The number of anilines is 1. The number of esters is 2. The molecule has 216 valence electrons. The number of nitriles is 1. The molecule has 14 heteroatoms. The molecule has 0 bridgehead atoms. The summed E-state index contributed by atoms with van der Waals surface area (Å²) < 4.78 is 36.7. The number of allylic oxidation sites excluding steroid dienone is 1. The third-order valence-electron chi connectivity index (χ3n) is 4.50. The molecule has 3 aromatic rings. The predicted molar refractivity (Wildman–Crippen MR) is 143 cm³/mol. The minimum absolute atomic E-state index is 0. The van der Waals surface area contributed by atoms with Gasteiger partial charge in [-0.25, -0.2) is 23.1 Å². The number of rotatable bonds is 8. The van der Waals surface area contributed by atoms with Gasteiger partial charge in [0.1, 0.15) is 17.5 Å². The van der Waals surface area contributed by atoms with Gasteiger partial charge in [0.2, 0.25) is 0 Å². The number of halogens is 2. The molecule has 0 unspecified atom stereocenters. The van der Waals surface area contributed by atoms with Gasteiger partial charge in [0.05, 0.1) is 25.8 Å². The van der Waals surface area contributed by atoms with E-state index in [1.54, 1.807) is 50.2 Å². The van der Waals surface area contributed by atoms with Crippen molar-refractivity contribution in [1.29, 1.82) is 5.26 Å². The monoisotopic (exact) mass is 582 g/mol. The molecule has 3 rings (SSSR count). The summed E-state index contributed by atoms with van der Waals surface area (Å²) in [5, 5.41) is 22.3. The maximum Gasteiger partial charge on any atom is 1.00 e. The van der Waals surface area contributed by atoms with Crippen molar-refractivity contribution < 1.29 is 62.5 Å². The Morgan fingerprint density at radius 3 is 2.10 bits per heavy atom. The van der Waals surface area contributed by atoms with Gasteiger partial charge in [0.15, 0.2) is 5.69 Å². The molecule has 0 aliphatic rings. The van der Waals surface area contributed by atoms with Crippen LogP contribution in [-0.2, 0) is 27.4 Å². The number of hydrogen-bond acceptors (Lipinski definition) is 10. The standard InChI is InChI=1S/C13H14FN3O2.C7H9FN2.C6H7NO3.CH4.Na/c1-2-19-13(18)11-7-12(15)17(16-11)8-9-5-3-4-6-10(9)14;8-7-4-2-1-3-6(7)5-10-9;1-2-10-6(9)5(8)3-4-7;;/h3-7H,2,8,15H2,1H3;1-4,10H,5,9H2;3,8H,2H2,1H3;1H4;/q;;;;+1/p-1/b;;5-3+;;. The van der Waals surface area contributed by atoms with Crippen LogP contribution in [-0.4, -0.2) is 34.9 Å². The first-order valence-electron chi connectivity index (χ1n) is 11.5. The molecule has 0 radical (unpaired) electrons. The van der Waals surface area contributed by atoms with Crippen LogP contribution in [0.1, 0.15) is 42.9 Å². The van der Waals surface area contributed by atoms with E-state index in [0.717, 1.165) is 0 Å². The first-order valence-corrected chi connectivity index (χ1v) is 11.5. The van der Waals surface area contributed by atoms with Crippen molar-refractivity contribution in [2.75, 3.05) is 18.9 Å². The number of hydrazine groups is 1.